The second-order valence-corrected chi connectivity index (χ2v) is 6.23. The molecule has 0 atom stereocenters. The minimum atomic E-state index is -0.224. The third-order valence-corrected chi connectivity index (χ3v) is 4.05. The molecule has 142 valence electrons. The summed E-state index contributed by atoms with van der Waals surface area (Å²) in [4.78, 5) is 23.3. The summed E-state index contributed by atoms with van der Waals surface area (Å²) in [6.45, 7) is 1.64. The van der Waals surface area contributed by atoms with Crippen LogP contribution in [0.1, 0.15) is 12.6 Å². The molecule has 28 heavy (non-hydrogen) atoms. The number of amides is 2. The highest BCUT2D eigenvalue weighted by Crippen LogP contribution is 2.36. The van der Waals surface area contributed by atoms with E-state index in [9.17, 15) is 9.59 Å². The number of benzene rings is 2. The van der Waals surface area contributed by atoms with E-state index >= 15 is 0 Å². The van der Waals surface area contributed by atoms with Crippen molar-refractivity contribution in [3.63, 3.8) is 0 Å². The smallest absolute Gasteiger partial charge is 0.231 e. The Kier molecular flexibility index (Phi) is 4.67. The molecule has 2 heterocycles. The molecule has 0 bridgehead atoms. The Labute approximate surface area is 160 Å². The maximum absolute atomic E-state index is 12.2. The zero-order chi connectivity index (χ0) is 19.5. The van der Waals surface area contributed by atoms with Gasteiger partial charge in [0.05, 0.1) is 12.1 Å². The molecule has 0 radical (unpaired) electrons. The fourth-order valence-corrected chi connectivity index (χ4v) is 2.79. The van der Waals surface area contributed by atoms with Gasteiger partial charge in [-0.15, -0.1) is 0 Å². The molecule has 8 heteroatoms. The van der Waals surface area contributed by atoms with Crippen molar-refractivity contribution in [2.45, 2.75) is 13.3 Å². The van der Waals surface area contributed by atoms with Crippen LogP contribution in [-0.2, 0) is 16.0 Å². The highest BCUT2D eigenvalue weighted by atomic mass is 16.7. The lowest BCUT2D eigenvalue weighted by molar-refractivity contribution is -0.116. The average molecular weight is 379 g/mol. The Morgan fingerprint density at radius 1 is 0.964 bits per heavy atom. The second kappa shape index (κ2) is 7.43. The van der Waals surface area contributed by atoms with Gasteiger partial charge in [-0.2, -0.15) is 0 Å². The van der Waals surface area contributed by atoms with E-state index in [1.54, 1.807) is 36.4 Å². The maximum Gasteiger partial charge on any atom is 0.231 e. The minimum absolute atomic E-state index is 0.0709. The average Bonchev–Trinajstić information content (AvgIpc) is 3.31. The van der Waals surface area contributed by atoms with Crippen molar-refractivity contribution in [1.29, 1.82) is 0 Å². The van der Waals surface area contributed by atoms with Gasteiger partial charge in [0.25, 0.3) is 0 Å². The lowest BCUT2D eigenvalue weighted by Crippen LogP contribution is -2.14. The van der Waals surface area contributed by atoms with Crippen LogP contribution in [0.5, 0.6) is 11.5 Å². The van der Waals surface area contributed by atoms with E-state index in [1.807, 2.05) is 12.1 Å². The molecule has 2 aromatic carbocycles. The van der Waals surface area contributed by atoms with Gasteiger partial charge in [-0.25, -0.2) is 0 Å². The Bertz CT molecular complexity index is 1030. The molecule has 8 nitrogen and oxygen atoms in total. The van der Waals surface area contributed by atoms with E-state index in [0.29, 0.717) is 34.3 Å². The molecule has 0 unspecified atom stereocenters. The largest absolute Gasteiger partial charge is 0.454 e. The van der Waals surface area contributed by atoms with E-state index < -0.39 is 0 Å². The van der Waals surface area contributed by atoms with Crippen molar-refractivity contribution in [3.05, 3.63) is 54.2 Å². The van der Waals surface area contributed by atoms with Crippen LogP contribution < -0.4 is 20.1 Å². The van der Waals surface area contributed by atoms with Gasteiger partial charge >= 0.3 is 0 Å². The number of hydrogen-bond acceptors (Lipinski definition) is 6. The van der Waals surface area contributed by atoms with Crippen molar-refractivity contribution in [2.24, 2.45) is 0 Å². The van der Waals surface area contributed by atoms with Crippen LogP contribution >= 0.6 is 0 Å². The molecule has 4 rings (SSSR count). The zero-order valence-corrected chi connectivity index (χ0v) is 15.0. The van der Waals surface area contributed by atoms with E-state index in [-0.39, 0.29) is 25.0 Å². The number of rotatable bonds is 5. The van der Waals surface area contributed by atoms with Crippen LogP contribution in [0.15, 0.2) is 53.1 Å². The van der Waals surface area contributed by atoms with Crippen molar-refractivity contribution in [2.75, 3.05) is 17.4 Å². The molecule has 0 aliphatic carbocycles. The highest BCUT2D eigenvalue weighted by molar-refractivity contribution is 5.93. The van der Waals surface area contributed by atoms with Gasteiger partial charge in [-0.1, -0.05) is 5.16 Å². The SMILES string of the molecule is CC(=O)Nc1ccc(NC(=O)Cc2cc(-c3ccc4c(c3)OCO4)on2)cc1. The normalized spacial score (nSPS) is 11.9. The number of nitrogens with one attached hydrogen (secondary N) is 2. The fraction of sp³-hybridized carbons (Fsp3) is 0.150. The Morgan fingerprint density at radius 3 is 2.43 bits per heavy atom. The standard InChI is InChI=1S/C20H17N3O5/c1-12(24)21-14-3-5-15(6-4-14)22-20(25)10-16-9-18(28-23-16)13-2-7-17-19(8-13)27-11-26-17/h2-9H,10-11H2,1H3,(H,21,24)(H,22,25). The van der Waals surface area contributed by atoms with E-state index in [4.69, 9.17) is 14.0 Å². The van der Waals surface area contributed by atoms with Crippen molar-refractivity contribution >= 4 is 23.2 Å². The quantitative estimate of drug-likeness (QED) is 0.706. The molecular weight excluding hydrogens is 362 g/mol. The number of aromatic nitrogens is 1. The van der Waals surface area contributed by atoms with Gasteiger partial charge in [-0.3, -0.25) is 9.59 Å². The van der Waals surface area contributed by atoms with Crippen LogP contribution in [0, 0.1) is 0 Å². The number of anilines is 2. The molecule has 1 aromatic heterocycles. The number of carbonyl (C=O) groups excluding carboxylic acids is 2. The van der Waals surface area contributed by atoms with E-state index in [1.165, 1.54) is 6.92 Å². The summed E-state index contributed by atoms with van der Waals surface area (Å²) in [6, 6.07) is 14.0. The van der Waals surface area contributed by atoms with Crippen LogP contribution in [0.4, 0.5) is 11.4 Å². The monoisotopic (exact) mass is 379 g/mol. The molecule has 3 aromatic rings. The van der Waals surface area contributed by atoms with E-state index in [2.05, 4.69) is 15.8 Å². The van der Waals surface area contributed by atoms with Gasteiger partial charge in [-0.05, 0) is 42.5 Å². The molecule has 0 spiro atoms. The molecule has 2 amide bonds. The van der Waals surface area contributed by atoms with Gasteiger partial charge in [0.2, 0.25) is 18.6 Å². The number of nitrogens with zero attached hydrogens (tertiary/aromatic N) is 1. The molecule has 1 aliphatic heterocycles. The first-order valence-corrected chi connectivity index (χ1v) is 8.60. The van der Waals surface area contributed by atoms with Crippen LogP contribution in [0.3, 0.4) is 0 Å². The molecule has 0 saturated carbocycles. The summed E-state index contributed by atoms with van der Waals surface area (Å²) in [7, 11) is 0. The summed E-state index contributed by atoms with van der Waals surface area (Å²) in [6.07, 6.45) is 0.0709. The van der Waals surface area contributed by atoms with Crippen molar-refractivity contribution < 1.29 is 23.6 Å². The zero-order valence-electron chi connectivity index (χ0n) is 15.0. The van der Waals surface area contributed by atoms with Gasteiger partial charge in [0, 0.05) is 29.9 Å². The van der Waals surface area contributed by atoms with Gasteiger partial charge < -0.3 is 24.6 Å². The Morgan fingerprint density at radius 2 is 1.68 bits per heavy atom. The third kappa shape index (κ3) is 3.96. The first-order chi connectivity index (χ1) is 13.6. The fourth-order valence-electron chi connectivity index (χ4n) is 2.79. The molecular formula is C20H17N3O5. The summed E-state index contributed by atoms with van der Waals surface area (Å²) in [5.74, 6) is 1.50. The maximum atomic E-state index is 12.2. The Hall–Kier alpha value is -3.81. The first-order valence-electron chi connectivity index (χ1n) is 8.60. The molecule has 2 N–H and O–H groups in total. The van der Waals surface area contributed by atoms with E-state index in [0.717, 1.165) is 5.56 Å². The molecule has 0 fully saturated rings. The van der Waals surface area contributed by atoms with Gasteiger partial charge in [0.15, 0.2) is 17.3 Å². The lowest BCUT2D eigenvalue weighted by Gasteiger charge is -2.06. The Balaban J connectivity index is 1.38. The first kappa shape index (κ1) is 17.6. The number of fused-ring (bicyclic) bond motifs is 1. The van der Waals surface area contributed by atoms with Gasteiger partial charge in [0.1, 0.15) is 0 Å². The topological polar surface area (TPSA) is 103 Å². The summed E-state index contributed by atoms with van der Waals surface area (Å²) in [5.41, 5.74) is 2.59. The number of carbonyl (C=O) groups is 2. The van der Waals surface area contributed by atoms with Crippen LogP contribution in [0.25, 0.3) is 11.3 Å². The highest BCUT2D eigenvalue weighted by Gasteiger charge is 2.16. The predicted octanol–water partition coefficient (Wildman–Crippen LogP) is 3.21. The minimum Gasteiger partial charge on any atom is -0.454 e. The lowest BCUT2D eigenvalue weighted by atomic mass is 10.1. The third-order valence-electron chi connectivity index (χ3n) is 4.05. The molecule has 1 aliphatic rings. The second-order valence-electron chi connectivity index (χ2n) is 6.23. The van der Waals surface area contributed by atoms with Crippen molar-refractivity contribution in [3.8, 4) is 22.8 Å². The summed E-state index contributed by atoms with van der Waals surface area (Å²) < 4.78 is 16.0. The summed E-state index contributed by atoms with van der Waals surface area (Å²) >= 11 is 0. The van der Waals surface area contributed by atoms with Crippen LogP contribution in [-0.4, -0.2) is 23.8 Å². The number of ether oxygens (including phenoxy) is 2. The molecule has 0 saturated heterocycles. The predicted molar refractivity (Wildman–Crippen MR) is 101 cm³/mol. The van der Waals surface area contributed by atoms with Crippen molar-refractivity contribution in [1.82, 2.24) is 5.16 Å². The van der Waals surface area contributed by atoms with Crippen LogP contribution in [0.2, 0.25) is 0 Å². The number of hydrogen-bond donors (Lipinski definition) is 2. The summed E-state index contributed by atoms with van der Waals surface area (Å²) in [5, 5.41) is 9.41.